The van der Waals surface area contributed by atoms with E-state index >= 15 is 0 Å². The van der Waals surface area contributed by atoms with E-state index in [9.17, 15) is 18.0 Å². The summed E-state index contributed by atoms with van der Waals surface area (Å²) in [5.41, 5.74) is 0.0747. The number of alkyl halides is 3. The van der Waals surface area contributed by atoms with Crippen LogP contribution in [0.4, 0.5) is 13.2 Å². The van der Waals surface area contributed by atoms with Gasteiger partial charge in [-0.1, -0.05) is 16.8 Å². The number of fused-ring (bicyclic) bond motifs is 1. The van der Waals surface area contributed by atoms with Crippen molar-refractivity contribution in [1.29, 1.82) is 0 Å². The molecule has 0 aliphatic rings. The SMILES string of the molecule is O=c1[nH]c(-c2nn(-c3ccc(C(F)(F)F)cc3)c3nc(Cl)ccc23)no1. The minimum atomic E-state index is -4.45. The highest BCUT2D eigenvalue weighted by atomic mass is 35.5. The molecule has 11 heteroatoms. The second kappa shape index (κ2) is 5.70. The summed E-state index contributed by atoms with van der Waals surface area (Å²) in [6.45, 7) is 0. The van der Waals surface area contributed by atoms with Crippen LogP contribution in [0.3, 0.4) is 0 Å². The Bertz CT molecular complexity index is 1160. The van der Waals surface area contributed by atoms with Gasteiger partial charge in [0, 0.05) is 0 Å². The van der Waals surface area contributed by atoms with Crippen molar-refractivity contribution >= 4 is 22.6 Å². The molecule has 26 heavy (non-hydrogen) atoms. The Morgan fingerprint density at radius 1 is 1.12 bits per heavy atom. The molecule has 1 aromatic carbocycles. The molecule has 0 saturated carbocycles. The third kappa shape index (κ3) is 2.73. The number of pyridine rings is 1. The minimum Gasteiger partial charge on any atom is -0.296 e. The number of H-pyrrole nitrogens is 1. The molecule has 0 fully saturated rings. The Kier molecular flexibility index (Phi) is 3.58. The molecule has 0 amide bonds. The van der Waals surface area contributed by atoms with Crippen LogP contribution in [-0.2, 0) is 6.18 Å². The van der Waals surface area contributed by atoms with Gasteiger partial charge in [-0.3, -0.25) is 9.51 Å². The molecule has 132 valence electrons. The van der Waals surface area contributed by atoms with Gasteiger partial charge in [-0.2, -0.15) is 18.3 Å². The zero-order valence-corrected chi connectivity index (χ0v) is 13.3. The Hall–Kier alpha value is -3.14. The molecule has 0 unspecified atom stereocenters. The van der Waals surface area contributed by atoms with E-state index in [0.29, 0.717) is 11.1 Å². The monoisotopic (exact) mass is 381 g/mol. The number of benzene rings is 1. The molecule has 0 aliphatic carbocycles. The number of nitrogens with one attached hydrogen (secondary N) is 1. The number of aromatic amines is 1. The highest BCUT2D eigenvalue weighted by Crippen LogP contribution is 2.31. The van der Waals surface area contributed by atoms with Crippen molar-refractivity contribution in [2.45, 2.75) is 6.18 Å². The second-order valence-electron chi connectivity index (χ2n) is 5.25. The maximum atomic E-state index is 12.8. The van der Waals surface area contributed by atoms with Crippen molar-refractivity contribution in [3.8, 4) is 17.2 Å². The van der Waals surface area contributed by atoms with Crippen LogP contribution >= 0.6 is 11.6 Å². The molecule has 0 bridgehead atoms. The first-order valence-electron chi connectivity index (χ1n) is 7.12. The van der Waals surface area contributed by atoms with E-state index in [1.165, 1.54) is 22.9 Å². The molecule has 0 aliphatic heterocycles. The normalized spacial score (nSPS) is 12.0. The number of nitrogens with zero attached hydrogens (tertiary/aromatic N) is 4. The summed E-state index contributed by atoms with van der Waals surface area (Å²) in [7, 11) is 0. The molecule has 1 N–H and O–H groups in total. The van der Waals surface area contributed by atoms with E-state index < -0.39 is 17.5 Å². The molecule has 0 saturated heterocycles. The van der Waals surface area contributed by atoms with Crippen LogP contribution in [0.1, 0.15) is 5.56 Å². The summed E-state index contributed by atoms with van der Waals surface area (Å²) >= 11 is 5.93. The van der Waals surface area contributed by atoms with Crippen molar-refractivity contribution in [2.24, 2.45) is 0 Å². The van der Waals surface area contributed by atoms with Crippen LogP contribution < -0.4 is 5.76 Å². The fraction of sp³-hybridized carbons (Fsp3) is 0.0667. The highest BCUT2D eigenvalue weighted by Gasteiger charge is 2.30. The van der Waals surface area contributed by atoms with Gasteiger partial charge < -0.3 is 0 Å². The van der Waals surface area contributed by atoms with Crippen LogP contribution in [0.2, 0.25) is 5.15 Å². The molecule has 7 nitrogen and oxygen atoms in total. The lowest BCUT2D eigenvalue weighted by molar-refractivity contribution is -0.137. The Morgan fingerprint density at radius 3 is 2.46 bits per heavy atom. The second-order valence-corrected chi connectivity index (χ2v) is 5.64. The molecule has 3 aromatic heterocycles. The van der Waals surface area contributed by atoms with E-state index in [1.807, 2.05) is 0 Å². The van der Waals surface area contributed by atoms with E-state index in [0.717, 1.165) is 12.1 Å². The van der Waals surface area contributed by atoms with Crippen LogP contribution in [0.15, 0.2) is 45.7 Å². The van der Waals surface area contributed by atoms with Crippen molar-refractivity contribution in [3.63, 3.8) is 0 Å². The van der Waals surface area contributed by atoms with Gasteiger partial charge in [0.1, 0.15) is 10.8 Å². The fourth-order valence-corrected chi connectivity index (χ4v) is 2.59. The Balaban J connectivity index is 1.92. The minimum absolute atomic E-state index is 0.0646. The summed E-state index contributed by atoms with van der Waals surface area (Å²) in [5, 5.41) is 8.54. The van der Waals surface area contributed by atoms with Crippen molar-refractivity contribution < 1.29 is 17.7 Å². The molecular weight excluding hydrogens is 375 g/mol. The first-order valence-corrected chi connectivity index (χ1v) is 7.50. The molecule has 0 radical (unpaired) electrons. The van der Waals surface area contributed by atoms with E-state index in [2.05, 4.69) is 24.7 Å². The van der Waals surface area contributed by atoms with E-state index in [4.69, 9.17) is 11.6 Å². The number of hydrogen-bond donors (Lipinski definition) is 1. The van der Waals surface area contributed by atoms with E-state index in [-0.39, 0.29) is 22.3 Å². The molecule has 0 spiro atoms. The van der Waals surface area contributed by atoms with Gasteiger partial charge >= 0.3 is 11.9 Å². The average Bonchev–Trinajstić information content (AvgIpc) is 3.17. The zero-order chi connectivity index (χ0) is 18.5. The summed E-state index contributed by atoms with van der Waals surface area (Å²) in [4.78, 5) is 17.7. The van der Waals surface area contributed by atoms with Gasteiger partial charge in [-0.15, -0.1) is 0 Å². The maximum Gasteiger partial charge on any atom is 0.439 e. The molecule has 0 atom stereocenters. The first kappa shape index (κ1) is 16.3. The first-order chi connectivity index (χ1) is 12.3. The summed E-state index contributed by atoms with van der Waals surface area (Å²) < 4.78 is 44.0. The molecule has 4 rings (SSSR count). The predicted molar refractivity (Wildman–Crippen MR) is 85.0 cm³/mol. The van der Waals surface area contributed by atoms with Crippen LogP contribution in [-0.4, -0.2) is 24.9 Å². The summed E-state index contributed by atoms with van der Waals surface area (Å²) in [5.74, 6) is -0.700. The maximum absolute atomic E-state index is 12.8. The lowest BCUT2D eigenvalue weighted by Gasteiger charge is -2.08. The predicted octanol–water partition coefficient (Wildman–Crippen LogP) is 3.44. The standard InChI is InChI=1S/C15H7ClF3N5O2/c16-10-6-5-9-11(12-21-14(25)26-23-12)22-24(13(9)20-10)8-3-1-7(2-4-8)15(17,18)19/h1-6H,(H,21,23,25). The largest absolute Gasteiger partial charge is 0.439 e. The lowest BCUT2D eigenvalue weighted by atomic mass is 10.2. The Morgan fingerprint density at radius 2 is 1.85 bits per heavy atom. The number of hydrogen-bond acceptors (Lipinski definition) is 5. The van der Waals surface area contributed by atoms with Crippen LogP contribution in [0, 0.1) is 0 Å². The van der Waals surface area contributed by atoms with Crippen LogP contribution in [0.5, 0.6) is 0 Å². The molecule has 3 heterocycles. The van der Waals surface area contributed by atoms with Crippen molar-refractivity contribution in [1.82, 2.24) is 24.9 Å². The highest BCUT2D eigenvalue weighted by molar-refractivity contribution is 6.29. The van der Waals surface area contributed by atoms with Crippen molar-refractivity contribution in [2.75, 3.05) is 0 Å². The third-order valence-electron chi connectivity index (χ3n) is 3.60. The number of rotatable bonds is 2. The van der Waals surface area contributed by atoms with Crippen LogP contribution in [0.25, 0.3) is 28.2 Å². The average molecular weight is 382 g/mol. The van der Waals surface area contributed by atoms with Crippen molar-refractivity contribution in [3.05, 3.63) is 57.7 Å². The Labute approximate surface area is 147 Å². The quantitative estimate of drug-likeness (QED) is 0.537. The van der Waals surface area contributed by atoms with Gasteiger partial charge in [0.05, 0.1) is 16.6 Å². The fourth-order valence-electron chi connectivity index (χ4n) is 2.45. The third-order valence-corrected chi connectivity index (χ3v) is 3.81. The van der Waals surface area contributed by atoms with Gasteiger partial charge in [0.2, 0.25) is 5.82 Å². The smallest absolute Gasteiger partial charge is 0.296 e. The number of halogens is 4. The topological polar surface area (TPSA) is 89.6 Å². The van der Waals surface area contributed by atoms with E-state index in [1.54, 1.807) is 6.07 Å². The zero-order valence-electron chi connectivity index (χ0n) is 12.6. The lowest BCUT2D eigenvalue weighted by Crippen LogP contribution is -2.05. The van der Waals surface area contributed by atoms with Gasteiger partial charge in [-0.05, 0) is 36.4 Å². The molecule has 4 aromatic rings. The van der Waals surface area contributed by atoms with Gasteiger partial charge in [-0.25, -0.2) is 14.5 Å². The molecular formula is C15H7ClF3N5O2. The van der Waals surface area contributed by atoms with Gasteiger partial charge in [0.15, 0.2) is 5.65 Å². The number of aromatic nitrogens is 5. The summed E-state index contributed by atoms with van der Waals surface area (Å²) in [6.07, 6.45) is -4.45. The summed E-state index contributed by atoms with van der Waals surface area (Å²) in [6, 6.07) is 7.52. The van der Waals surface area contributed by atoms with Gasteiger partial charge in [0.25, 0.3) is 0 Å².